The first-order valence-corrected chi connectivity index (χ1v) is 6.30. The third-order valence-electron chi connectivity index (χ3n) is 3.80. The molecule has 1 heterocycles. The summed E-state index contributed by atoms with van der Waals surface area (Å²) >= 11 is 0. The summed E-state index contributed by atoms with van der Waals surface area (Å²) in [6.07, 6.45) is 1.16. The van der Waals surface area contributed by atoms with Gasteiger partial charge in [0, 0.05) is 0 Å². The first-order valence-electron chi connectivity index (χ1n) is 6.30. The predicted octanol–water partition coefficient (Wildman–Crippen LogP) is 1.41. The molecule has 0 bridgehead atoms. The van der Waals surface area contributed by atoms with Gasteiger partial charge in [-0.15, -0.1) is 0 Å². The molecule has 0 aliphatic carbocycles. The lowest BCUT2D eigenvalue weighted by atomic mass is 9.73. The van der Waals surface area contributed by atoms with Gasteiger partial charge in [-0.25, -0.2) is 0 Å². The predicted molar refractivity (Wildman–Crippen MR) is 71.0 cm³/mol. The first-order chi connectivity index (χ1) is 9.14. The van der Waals surface area contributed by atoms with Crippen molar-refractivity contribution in [2.24, 2.45) is 0 Å². The second kappa shape index (κ2) is 5.48. The Hall–Kier alpha value is -1.75. The van der Waals surface area contributed by atoms with Gasteiger partial charge in [0.2, 0.25) is 0 Å². The summed E-state index contributed by atoms with van der Waals surface area (Å²) in [4.78, 5) is 11.7. The van der Waals surface area contributed by atoms with Crippen LogP contribution in [0.3, 0.4) is 0 Å². The van der Waals surface area contributed by atoms with Crippen LogP contribution in [0.1, 0.15) is 18.4 Å². The molecular weight excluding hydrogens is 246 g/mol. The van der Waals surface area contributed by atoms with Crippen LogP contribution < -0.4 is 14.8 Å². The normalized spacial score (nSPS) is 17.8. The molecule has 0 aromatic heterocycles. The van der Waals surface area contributed by atoms with E-state index in [4.69, 9.17) is 9.47 Å². The van der Waals surface area contributed by atoms with Gasteiger partial charge in [0.15, 0.2) is 11.5 Å². The number of carboxylic acids is 1. The van der Waals surface area contributed by atoms with Crippen molar-refractivity contribution in [3.63, 3.8) is 0 Å². The van der Waals surface area contributed by atoms with Gasteiger partial charge in [-0.3, -0.25) is 4.79 Å². The number of piperidine rings is 1. The van der Waals surface area contributed by atoms with E-state index in [0.29, 0.717) is 37.4 Å². The molecule has 1 aliphatic rings. The Bertz CT molecular complexity index is 467. The molecule has 2 N–H and O–H groups in total. The van der Waals surface area contributed by atoms with Crippen LogP contribution in [-0.2, 0) is 10.2 Å². The Morgan fingerprint density at radius 3 is 2.37 bits per heavy atom. The summed E-state index contributed by atoms with van der Waals surface area (Å²) in [6, 6.07) is 5.36. The molecule has 1 aromatic carbocycles. The van der Waals surface area contributed by atoms with E-state index in [1.165, 1.54) is 0 Å². The number of methoxy groups -OCH3 is 2. The Morgan fingerprint density at radius 1 is 1.21 bits per heavy atom. The molecule has 0 radical (unpaired) electrons. The van der Waals surface area contributed by atoms with Gasteiger partial charge in [0.1, 0.15) is 0 Å². The average Bonchev–Trinajstić information content (AvgIpc) is 2.47. The summed E-state index contributed by atoms with van der Waals surface area (Å²) in [5, 5.41) is 12.8. The molecule has 19 heavy (non-hydrogen) atoms. The fraction of sp³-hybridized carbons (Fsp3) is 0.500. The van der Waals surface area contributed by atoms with Gasteiger partial charge in [-0.2, -0.15) is 0 Å². The van der Waals surface area contributed by atoms with E-state index in [1.807, 2.05) is 6.07 Å². The van der Waals surface area contributed by atoms with E-state index in [-0.39, 0.29) is 0 Å². The van der Waals surface area contributed by atoms with Crippen LogP contribution in [-0.4, -0.2) is 38.4 Å². The van der Waals surface area contributed by atoms with E-state index >= 15 is 0 Å². The summed E-state index contributed by atoms with van der Waals surface area (Å²) in [5.74, 6) is 0.404. The maximum absolute atomic E-state index is 11.7. The summed E-state index contributed by atoms with van der Waals surface area (Å²) < 4.78 is 10.4. The lowest BCUT2D eigenvalue weighted by Crippen LogP contribution is -2.45. The highest BCUT2D eigenvalue weighted by molar-refractivity contribution is 5.82. The number of hydrogen-bond donors (Lipinski definition) is 2. The molecule has 2 rings (SSSR count). The number of nitrogens with one attached hydrogen (secondary N) is 1. The number of rotatable bonds is 4. The van der Waals surface area contributed by atoms with Crippen molar-refractivity contribution >= 4 is 5.97 Å². The molecule has 1 aromatic rings. The van der Waals surface area contributed by atoms with Crippen LogP contribution in [0.15, 0.2) is 18.2 Å². The standard InChI is InChI=1S/C14H19NO4/c1-18-11-4-3-10(9-12(11)19-2)14(13(16)17)5-7-15-8-6-14/h3-4,9,15H,5-8H2,1-2H3,(H,16,17). The Balaban J connectivity index is 2.45. The zero-order valence-electron chi connectivity index (χ0n) is 11.2. The topological polar surface area (TPSA) is 67.8 Å². The summed E-state index contributed by atoms with van der Waals surface area (Å²) in [7, 11) is 3.12. The molecule has 104 valence electrons. The van der Waals surface area contributed by atoms with Gasteiger partial charge >= 0.3 is 5.97 Å². The number of ether oxygens (including phenoxy) is 2. The molecule has 1 aliphatic heterocycles. The minimum Gasteiger partial charge on any atom is -0.493 e. The van der Waals surface area contributed by atoms with Crippen molar-refractivity contribution in [2.45, 2.75) is 18.3 Å². The van der Waals surface area contributed by atoms with Crippen LogP contribution in [0, 0.1) is 0 Å². The molecule has 0 saturated carbocycles. The fourth-order valence-corrected chi connectivity index (χ4v) is 2.61. The van der Waals surface area contributed by atoms with E-state index in [9.17, 15) is 9.90 Å². The van der Waals surface area contributed by atoms with Crippen molar-refractivity contribution in [1.29, 1.82) is 0 Å². The highest BCUT2D eigenvalue weighted by Crippen LogP contribution is 2.38. The lowest BCUT2D eigenvalue weighted by molar-refractivity contribution is -0.145. The second-order valence-corrected chi connectivity index (χ2v) is 4.71. The van der Waals surface area contributed by atoms with E-state index in [2.05, 4.69) is 5.32 Å². The third-order valence-corrected chi connectivity index (χ3v) is 3.80. The van der Waals surface area contributed by atoms with E-state index < -0.39 is 11.4 Å². The molecule has 0 amide bonds. The maximum Gasteiger partial charge on any atom is 0.314 e. The fourth-order valence-electron chi connectivity index (χ4n) is 2.61. The van der Waals surface area contributed by atoms with E-state index in [1.54, 1.807) is 26.4 Å². The van der Waals surface area contributed by atoms with Gasteiger partial charge in [0.25, 0.3) is 0 Å². The lowest BCUT2D eigenvalue weighted by Gasteiger charge is -2.34. The van der Waals surface area contributed by atoms with Crippen molar-refractivity contribution in [2.75, 3.05) is 27.3 Å². The minimum atomic E-state index is -0.829. The van der Waals surface area contributed by atoms with Crippen LogP contribution in [0.25, 0.3) is 0 Å². The second-order valence-electron chi connectivity index (χ2n) is 4.71. The number of hydrogen-bond acceptors (Lipinski definition) is 4. The molecule has 0 unspecified atom stereocenters. The first kappa shape index (κ1) is 13.7. The van der Waals surface area contributed by atoms with Crippen LogP contribution in [0.2, 0.25) is 0 Å². The Morgan fingerprint density at radius 2 is 1.84 bits per heavy atom. The molecule has 5 nitrogen and oxygen atoms in total. The SMILES string of the molecule is COc1ccc(C2(C(=O)O)CCNCC2)cc1OC. The molecule has 1 fully saturated rings. The van der Waals surface area contributed by atoms with Gasteiger partial charge in [-0.05, 0) is 43.6 Å². The van der Waals surface area contributed by atoms with Crippen molar-refractivity contribution in [3.05, 3.63) is 23.8 Å². The zero-order chi connectivity index (χ0) is 13.9. The number of benzene rings is 1. The molecule has 1 saturated heterocycles. The Labute approximate surface area is 112 Å². The highest BCUT2D eigenvalue weighted by Gasteiger charge is 2.41. The van der Waals surface area contributed by atoms with Crippen LogP contribution in [0.5, 0.6) is 11.5 Å². The number of carbonyl (C=O) groups is 1. The Kier molecular flexibility index (Phi) is 3.95. The number of aliphatic carboxylic acids is 1. The summed E-state index contributed by atoms with van der Waals surface area (Å²) in [6.45, 7) is 1.42. The largest absolute Gasteiger partial charge is 0.493 e. The smallest absolute Gasteiger partial charge is 0.314 e. The molecular formula is C14H19NO4. The maximum atomic E-state index is 11.7. The summed E-state index contributed by atoms with van der Waals surface area (Å²) in [5.41, 5.74) is -0.0516. The van der Waals surface area contributed by atoms with Gasteiger partial charge < -0.3 is 19.9 Å². The van der Waals surface area contributed by atoms with Crippen molar-refractivity contribution < 1.29 is 19.4 Å². The monoisotopic (exact) mass is 265 g/mol. The third kappa shape index (κ3) is 2.38. The van der Waals surface area contributed by atoms with Crippen LogP contribution in [0.4, 0.5) is 0 Å². The van der Waals surface area contributed by atoms with Gasteiger partial charge in [0.05, 0.1) is 19.6 Å². The van der Waals surface area contributed by atoms with Gasteiger partial charge in [-0.1, -0.05) is 6.07 Å². The zero-order valence-corrected chi connectivity index (χ0v) is 11.2. The quantitative estimate of drug-likeness (QED) is 0.861. The van der Waals surface area contributed by atoms with Crippen LogP contribution >= 0.6 is 0 Å². The highest BCUT2D eigenvalue weighted by atomic mass is 16.5. The number of carboxylic acid groups (broad SMARTS) is 1. The van der Waals surface area contributed by atoms with Crippen molar-refractivity contribution in [3.8, 4) is 11.5 Å². The van der Waals surface area contributed by atoms with E-state index in [0.717, 1.165) is 5.56 Å². The average molecular weight is 265 g/mol. The molecule has 0 atom stereocenters. The molecule has 5 heteroatoms. The van der Waals surface area contributed by atoms with Crippen molar-refractivity contribution in [1.82, 2.24) is 5.32 Å². The molecule has 0 spiro atoms. The minimum absolute atomic E-state index is 0.569.